The number of fused-ring (bicyclic) bond motifs is 1. The number of rotatable bonds is 3. The third kappa shape index (κ3) is 2.49. The second-order valence-corrected chi connectivity index (χ2v) is 5.39. The van der Waals surface area contributed by atoms with Crippen LogP contribution in [0.25, 0.3) is 11.3 Å². The summed E-state index contributed by atoms with van der Waals surface area (Å²) < 4.78 is 5.85. The molecule has 6 heteroatoms. The number of furan rings is 1. The van der Waals surface area contributed by atoms with Crippen molar-refractivity contribution >= 4 is 17.5 Å². The van der Waals surface area contributed by atoms with Gasteiger partial charge in [-0.1, -0.05) is 36.4 Å². The van der Waals surface area contributed by atoms with Gasteiger partial charge in [-0.3, -0.25) is 10.0 Å². The second kappa shape index (κ2) is 5.75. The van der Waals surface area contributed by atoms with Crippen molar-refractivity contribution in [1.82, 2.24) is 5.48 Å². The van der Waals surface area contributed by atoms with Crippen molar-refractivity contribution < 1.29 is 14.4 Å². The summed E-state index contributed by atoms with van der Waals surface area (Å²) in [4.78, 5) is 20.4. The van der Waals surface area contributed by atoms with Crippen molar-refractivity contribution in [3.63, 3.8) is 0 Å². The molecule has 1 aliphatic carbocycles. The van der Waals surface area contributed by atoms with E-state index in [0.29, 0.717) is 35.0 Å². The largest absolute Gasteiger partial charge is 0.453 e. The van der Waals surface area contributed by atoms with Gasteiger partial charge >= 0.3 is 0 Å². The number of hydrogen-bond acceptors (Lipinski definition) is 5. The Balaban J connectivity index is 1.60. The first kappa shape index (κ1) is 14.3. The summed E-state index contributed by atoms with van der Waals surface area (Å²) >= 11 is 0. The maximum Gasteiger partial charge on any atom is 0.270 e. The Labute approximate surface area is 137 Å². The van der Waals surface area contributed by atoms with Crippen LogP contribution >= 0.6 is 0 Å². The zero-order chi connectivity index (χ0) is 16.5. The van der Waals surface area contributed by atoms with Gasteiger partial charge in [-0.05, 0) is 18.2 Å². The van der Waals surface area contributed by atoms with Crippen LogP contribution in [0.15, 0.2) is 80.3 Å². The average molecular weight is 319 g/mol. The van der Waals surface area contributed by atoms with Gasteiger partial charge in [-0.2, -0.15) is 0 Å². The van der Waals surface area contributed by atoms with Gasteiger partial charge in [-0.15, -0.1) is 0 Å². The van der Waals surface area contributed by atoms with Gasteiger partial charge in [-0.25, -0.2) is 15.5 Å². The van der Waals surface area contributed by atoms with E-state index < -0.39 is 5.91 Å². The SMILES string of the molecule is O=C(NO)C1=CC=C2N=C(c3ccc(-c4ccccc4)o3)N=C2C1. The molecule has 0 spiro atoms. The fourth-order valence-corrected chi connectivity index (χ4v) is 2.62. The highest BCUT2D eigenvalue weighted by Gasteiger charge is 2.25. The molecule has 4 rings (SSSR count). The lowest BCUT2D eigenvalue weighted by Gasteiger charge is -2.09. The molecule has 2 heterocycles. The average Bonchev–Trinajstić information content (AvgIpc) is 3.27. The number of nitrogens with one attached hydrogen (secondary N) is 1. The lowest BCUT2D eigenvalue weighted by Crippen LogP contribution is -2.23. The molecule has 0 saturated carbocycles. The van der Waals surface area contributed by atoms with Gasteiger partial charge in [0.15, 0.2) is 11.6 Å². The van der Waals surface area contributed by atoms with Crippen molar-refractivity contribution in [2.45, 2.75) is 6.42 Å². The Morgan fingerprint density at radius 3 is 2.62 bits per heavy atom. The van der Waals surface area contributed by atoms with E-state index in [-0.39, 0.29) is 0 Å². The molecule has 2 N–H and O–H groups in total. The highest BCUT2D eigenvalue weighted by Crippen LogP contribution is 2.27. The van der Waals surface area contributed by atoms with Crippen LogP contribution in [0, 0.1) is 0 Å². The predicted molar refractivity (Wildman–Crippen MR) is 88.8 cm³/mol. The molecule has 0 radical (unpaired) electrons. The van der Waals surface area contributed by atoms with Gasteiger partial charge in [0, 0.05) is 17.6 Å². The highest BCUT2D eigenvalue weighted by molar-refractivity contribution is 6.20. The standard InChI is InChI=1S/C18H13N3O3/c22-18(21-23)12-6-7-13-14(10-12)20-17(19-13)16-9-8-15(24-16)11-4-2-1-3-5-11/h1-9,23H,10H2,(H,21,22). The molecular formula is C18H13N3O3. The van der Waals surface area contributed by atoms with E-state index >= 15 is 0 Å². The zero-order valence-corrected chi connectivity index (χ0v) is 12.6. The van der Waals surface area contributed by atoms with Crippen LogP contribution in [0.3, 0.4) is 0 Å². The van der Waals surface area contributed by atoms with E-state index in [1.807, 2.05) is 42.5 Å². The van der Waals surface area contributed by atoms with Gasteiger partial charge < -0.3 is 4.42 Å². The number of hydroxylamine groups is 1. The summed E-state index contributed by atoms with van der Waals surface area (Å²) in [5.41, 5.74) is 4.43. The Hall–Kier alpha value is -3.25. The minimum atomic E-state index is -0.536. The normalized spacial score (nSPS) is 15.9. The molecule has 0 saturated heterocycles. The fraction of sp³-hybridized carbons (Fsp3) is 0.0556. The van der Waals surface area contributed by atoms with Crippen LogP contribution in [-0.2, 0) is 4.79 Å². The van der Waals surface area contributed by atoms with Gasteiger partial charge in [0.25, 0.3) is 5.91 Å². The molecule has 1 aromatic carbocycles. The molecular weight excluding hydrogens is 306 g/mol. The Bertz CT molecular complexity index is 933. The van der Waals surface area contributed by atoms with Gasteiger partial charge in [0.1, 0.15) is 5.76 Å². The van der Waals surface area contributed by atoms with Crippen molar-refractivity contribution in [3.8, 4) is 11.3 Å². The van der Waals surface area contributed by atoms with Crippen LogP contribution in [-0.4, -0.2) is 22.7 Å². The van der Waals surface area contributed by atoms with Crippen molar-refractivity contribution in [3.05, 3.63) is 71.6 Å². The fourth-order valence-electron chi connectivity index (χ4n) is 2.62. The van der Waals surface area contributed by atoms with E-state index in [1.165, 1.54) is 0 Å². The zero-order valence-electron chi connectivity index (χ0n) is 12.6. The number of allylic oxidation sites excluding steroid dienone is 3. The summed E-state index contributed by atoms with van der Waals surface area (Å²) in [6.45, 7) is 0. The quantitative estimate of drug-likeness (QED) is 0.673. The molecule has 6 nitrogen and oxygen atoms in total. The molecule has 0 bridgehead atoms. The molecule has 0 unspecified atom stereocenters. The number of benzene rings is 1. The summed E-state index contributed by atoms with van der Waals surface area (Å²) in [5.74, 6) is 1.27. The molecule has 118 valence electrons. The molecule has 1 aliphatic heterocycles. The van der Waals surface area contributed by atoms with Crippen LogP contribution in [0.2, 0.25) is 0 Å². The van der Waals surface area contributed by atoms with Gasteiger partial charge in [0.2, 0.25) is 0 Å². The number of amidine groups is 1. The lowest BCUT2D eigenvalue weighted by atomic mass is 10.0. The first-order valence-corrected chi connectivity index (χ1v) is 7.42. The Kier molecular flexibility index (Phi) is 3.44. The number of carbonyl (C=O) groups excluding carboxylic acids is 1. The number of nitrogens with zero attached hydrogens (tertiary/aromatic N) is 2. The smallest absolute Gasteiger partial charge is 0.270 e. The van der Waals surface area contributed by atoms with Crippen molar-refractivity contribution in [2.24, 2.45) is 9.98 Å². The van der Waals surface area contributed by atoms with Crippen LogP contribution in [0.5, 0.6) is 0 Å². The number of hydrogen-bond donors (Lipinski definition) is 2. The molecule has 0 atom stereocenters. The predicted octanol–water partition coefficient (Wildman–Crippen LogP) is 2.87. The lowest BCUT2D eigenvalue weighted by molar-refractivity contribution is -0.125. The highest BCUT2D eigenvalue weighted by atomic mass is 16.5. The van der Waals surface area contributed by atoms with E-state index in [9.17, 15) is 4.79 Å². The Morgan fingerprint density at radius 2 is 1.83 bits per heavy atom. The minimum Gasteiger partial charge on any atom is -0.453 e. The van der Waals surface area contributed by atoms with Crippen LogP contribution < -0.4 is 5.48 Å². The molecule has 1 aromatic heterocycles. The van der Waals surface area contributed by atoms with E-state index in [4.69, 9.17) is 9.62 Å². The molecule has 24 heavy (non-hydrogen) atoms. The summed E-state index contributed by atoms with van der Waals surface area (Å²) in [6.07, 6.45) is 3.66. The first-order chi connectivity index (χ1) is 11.7. The maximum atomic E-state index is 11.5. The number of carbonyl (C=O) groups is 1. The molecule has 2 aromatic rings. The molecule has 2 aliphatic rings. The topological polar surface area (TPSA) is 87.2 Å². The molecule has 1 amide bonds. The van der Waals surface area contributed by atoms with Crippen molar-refractivity contribution in [2.75, 3.05) is 0 Å². The third-order valence-electron chi connectivity index (χ3n) is 3.84. The third-order valence-corrected chi connectivity index (χ3v) is 3.84. The van der Waals surface area contributed by atoms with Gasteiger partial charge in [0.05, 0.1) is 11.4 Å². The molecule has 0 fully saturated rings. The second-order valence-electron chi connectivity index (χ2n) is 5.39. The Morgan fingerprint density at radius 1 is 1.04 bits per heavy atom. The first-order valence-electron chi connectivity index (χ1n) is 7.42. The van der Waals surface area contributed by atoms with Crippen molar-refractivity contribution in [1.29, 1.82) is 0 Å². The monoisotopic (exact) mass is 319 g/mol. The van der Waals surface area contributed by atoms with Crippen LogP contribution in [0.1, 0.15) is 12.2 Å². The summed E-state index contributed by atoms with van der Waals surface area (Å²) in [5, 5.41) is 8.72. The summed E-state index contributed by atoms with van der Waals surface area (Å²) in [7, 11) is 0. The van der Waals surface area contributed by atoms with E-state index in [1.54, 1.807) is 17.6 Å². The maximum absolute atomic E-state index is 11.5. The van der Waals surface area contributed by atoms with Crippen LogP contribution in [0.4, 0.5) is 0 Å². The van der Waals surface area contributed by atoms with E-state index in [2.05, 4.69) is 9.98 Å². The summed E-state index contributed by atoms with van der Waals surface area (Å²) in [6, 6.07) is 13.5. The van der Waals surface area contributed by atoms with E-state index in [0.717, 1.165) is 11.3 Å². The number of amides is 1. The number of aliphatic imine (C=N–C) groups is 2. The minimum absolute atomic E-state index is 0.317.